The summed E-state index contributed by atoms with van der Waals surface area (Å²) in [7, 11) is 0. The maximum Gasteiger partial charge on any atom is 0.287 e. The second-order valence-corrected chi connectivity index (χ2v) is 7.66. The molecular formula is C25H28N2O4. The van der Waals surface area contributed by atoms with Gasteiger partial charge in [-0.3, -0.25) is 9.59 Å². The van der Waals surface area contributed by atoms with E-state index in [0.717, 1.165) is 16.9 Å². The predicted octanol–water partition coefficient (Wildman–Crippen LogP) is 4.29. The molecule has 0 spiro atoms. The van der Waals surface area contributed by atoms with E-state index in [1.807, 2.05) is 75.4 Å². The molecule has 0 aliphatic carbocycles. The van der Waals surface area contributed by atoms with Crippen LogP contribution in [0.1, 0.15) is 48.5 Å². The maximum atomic E-state index is 13.1. The zero-order chi connectivity index (χ0) is 22.2. The molecule has 2 amide bonds. The first-order valence-electron chi connectivity index (χ1n) is 10.4. The van der Waals surface area contributed by atoms with Crippen molar-refractivity contribution in [3.8, 4) is 5.75 Å². The van der Waals surface area contributed by atoms with Gasteiger partial charge in [0.1, 0.15) is 11.8 Å². The number of rotatable bonds is 9. The molecule has 2 N–H and O–H groups in total. The van der Waals surface area contributed by atoms with Crippen molar-refractivity contribution in [1.29, 1.82) is 0 Å². The zero-order valence-corrected chi connectivity index (χ0v) is 18.0. The van der Waals surface area contributed by atoms with Gasteiger partial charge in [-0.25, -0.2) is 0 Å². The quantitative estimate of drug-likeness (QED) is 0.541. The summed E-state index contributed by atoms with van der Waals surface area (Å²) in [5, 5.41) is 5.80. The minimum absolute atomic E-state index is 0.0622. The minimum Gasteiger partial charge on any atom is -0.491 e. The Morgan fingerprint density at radius 2 is 1.71 bits per heavy atom. The first kappa shape index (κ1) is 22.2. The maximum absolute atomic E-state index is 13.1. The van der Waals surface area contributed by atoms with Crippen molar-refractivity contribution in [2.45, 2.75) is 45.4 Å². The van der Waals surface area contributed by atoms with E-state index in [-0.39, 0.29) is 23.8 Å². The highest BCUT2D eigenvalue weighted by Crippen LogP contribution is 2.20. The van der Waals surface area contributed by atoms with Gasteiger partial charge in [0.05, 0.1) is 18.4 Å². The molecule has 0 saturated heterocycles. The minimum atomic E-state index is -0.752. The molecule has 0 radical (unpaired) electrons. The Bertz CT molecular complexity index is 984. The molecule has 0 fully saturated rings. The summed E-state index contributed by atoms with van der Waals surface area (Å²) in [6.07, 6.45) is 1.85. The second kappa shape index (κ2) is 10.5. The normalized spacial score (nSPS) is 12.8. The van der Waals surface area contributed by atoms with Crippen LogP contribution < -0.4 is 15.4 Å². The average molecular weight is 421 g/mol. The molecule has 1 aromatic heterocycles. The standard InChI is InChI=1S/C25H28N2O4/c1-17(2)31-21-12-7-11-20(16-21)18(3)26-24(28)22(15-19-9-5-4-6-10-19)27-25(29)23-13-8-14-30-23/h4-14,16-18,22H,15H2,1-3H3,(H,26,28)(H,27,29). The van der Waals surface area contributed by atoms with Crippen LogP contribution in [0, 0.1) is 0 Å². The fraction of sp³-hybridized carbons (Fsp3) is 0.280. The summed E-state index contributed by atoms with van der Waals surface area (Å²) in [6, 6.07) is 19.4. The van der Waals surface area contributed by atoms with E-state index in [0.29, 0.717) is 6.42 Å². The van der Waals surface area contributed by atoms with Crippen molar-refractivity contribution in [1.82, 2.24) is 10.6 Å². The number of hydrogen-bond donors (Lipinski definition) is 2. The van der Waals surface area contributed by atoms with Crippen LogP contribution in [0.3, 0.4) is 0 Å². The van der Waals surface area contributed by atoms with E-state index < -0.39 is 11.9 Å². The molecular weight excluding hydrogens is 392 g/mol. The van der Waals surface area contributed by atoms with E-state index in [1.165, 1.54) is 6.26 Å². The molecule has 0 aliphatic rings. The van der Waals surface area contributed by atoms with Gasteiger partial charge < -0.3 is 19.8 Å². The lowest BCUT2D eigenvalue weighted by Gasteiger charge is -2.22. The topological polar surface area (TPSA) is 80.6 Å². The highest BCUT2D eigenvalue weighted by Gasteiger charge is 2.24. The lowest BCUT2D eigenvalue weighted by atomic mass is 10.0. The first-order chi connectivity index (χ1) is 14.9. The third-order valence-electron chi connectivity index (χ3n) is 4.74. The van der Waals surface area contributed by atoms with Crippen LogP contribution in [0.2, 0.25) is 0 Å². The number of amides is 2. The zero-order valence-electron chi connectivity index (χ0n) is 18.0. The molecule has 31 heavy (non-hydrogen) atoms. The molecule has 2 aromatic carbocycles. The summed E-state index contributed by atoms with van der Waals surface area (Å²) >= 11 is 0. The number of hydrogen-bond acceptors (Lipinski definition) is 4. The summed E-state index contributed by atoms with van der Waals surface area (Å²) in [5.74, 6) is 0.213. The van der Waals surface area contributed by atoms with E-state index >= 15 is 0 Å². The number of furan rings is 1. The van der Waals surface area contributed by atoms with Crippen LogP contribution in [-0.4, -0.2) is 24.0 Å². The van der Waals surface area contributed by atoms with Crippen LogP contribution in [-0.2, 0) is 11.2 Å². The number of ether oxygens (including phenoxy) is 1. The van der Waals surface area contributed by atoms with Crippen molar-refractivity contribution >= 4 is 11.8 Å². The van der Waals surface area contributed by atoms with Gasteiger partial charge in [-0.1, -0.05) is 42.5 Å². The van der Waals surface area contributed by atoms with Crippen molar-refractivity contribution in [3.05, 3.63) is 89.9 Å². The Labute approximate surface area is 182 Å². The van der Waals surface area contributed by atoms with E-state index in [4.69, 9.17) is 9.15 Å². The van der Waals surface area contributed by atoms with Crippen molar-refractivity contribution in [2.24, 2.45) is 0 Å². The predicted molar refractivity (Wildman–Crippen MR) is 119 cm³/mol. The van der Waals surface area contributed by atoms with E-state index in [1.54, 1.807) is 12.1 Å². The van der Waals surface area contributed by atoms with Gasteiger partial charge in [0.2, 0.25) is 5.91 Å². The van der Waals surface area contributed by atoms with Gasteiger partial charge in [-0.05, 0) is 56.2 Å². The van der Waals surface area contributed by atoms with Gasteiger partial charge in [0.15, 0.2) is 5.76 Å². The lowest BCUT2D eigenvalue weighted by Crippen LogP contribution is -2.48. The van der Waals surface area contributed by atoms with Crippen LogP contribution in [0.5, 0.6) is 5.75 Å². The first-order valence-corrected chi connectivity index (χ1v) is 10.4. The molecule has 2 unspecified atom stereocenters. The molecule has 3 rings (SSSR count). The van der Waals surface area contributed by atoms with Crippen LogP contribution >= 0.6 is 0 Å². The van der Waals surface area contributed by atoms with Gasteiger partial charge in [0, 0.05) is 6.42 Å². The third kappa shape index (κ3) is 6.47. The number of carbonyl (C=O) groups excluding carboxylic acids is 2. The summed E-state index contributed by atoms with van der Waals surface area (Å²) < 4.78 is 10.9. The van der Waals surface area contributed by atoms with Crippen molar-refractivity contribution < 1.29 is 18.7 Å². The number of benzene rings is 2. The summed E-state index contributed by atoms with van der Waals surface area (Å²) in [4.78, 5) is 25.6. The van der Waals surface area contributed by atoms with Gasteiger partial charge in [-0.15, -0.1) is 0 Å². The fourth-order valence-electron chi connectivity index (χ4n) is 3.22. The Kier molecular flexibility index (Phi) is 7.49. The Hall–Kier alpha value is -3.54. The Morgan fingerprint density at radius 1 is 0.935 bits per heavy atom. The molecule has 0 saturated carbocycles. The average Bonchev–Trinajstić information content (AvgIpc) is 3.29. The van der Waals surface area contributed by atoms with Crippen LogP contribution in [0.4, 0.5) is 0 Å². The van der Waals surface area contributed by atoms with E-state index in [2.05, 4.69) is 10.6 Å². The molecule has 2 atom stereocenters. The largest absolute Gasteiger partial charge is 0.491 e. The summed E-state index contributed by atoms with van der Waals surface area (Å²) in [6.45, 7) is 5.84. The van der Waals surface area contributed by atoms with Gasteiger partial charge >= 0.3 is 0 Å². The third-order valence-corrected chi connectivity index (χ3v) is 4.74. The summed E-state index contributed by atoms with van der Waals surface area (Å²) in [5.41, 5.74) is 1.87. The SMILES string of the molecule is CC(C)Oc1cccc(C(C)NC(=O)C(Cc2ccccc2)NC(=O)c2ccco2)c1. The molecule has 3 aromatic rings. The molecule has 162 valence electrons. The van der Waals surface area contributed by atoms with Crippen molar-refractivity contribution in [3.63, 3.8) is 0 Å². The molecule has 0 bridgehead atoms. The number of nitrogens with one attached hydrogen (secondary N) is 2. The molecule has 6 heteroatoms. The fourth-order valence-corrected chi connectivity index (χ4v) is 3.22. The highest BCUT2D eigenvalue weighted by molar-refractivity contribution is 5.95. The smallest absolute Gasteiger partial charge is 0.287 e. The monoisotopic (exact) mass is 420 g/mol. The molecule has 0 aliphatic heterocycles. The molecule has 1 heterocycles. The van der Waals surface area contributed by atoms with Crippen molar-refractivity contribution in [2.75, 3.05) is 0 Å². The van der Waals surface area contributed by atoms with Gasteiger partial charge in [-0.2, -0.15) is 0 Å². The highest BCUT2D eigenvalue weighted by atomic mass is 16.5. The number of carbonyl (C=O) groups is 2. The second-order valence-electron chi connectivity index (χ2n) is 7.66. The Morgan fingerprint density at radius 3 is 2.39 bits per heavy atom. The molecule has 6 nitrogen and oxygen atoms in total. The van der Waals surface area contributed by atoms with Crippen LogP contribution in [0.15, 0.2) is 77.4 Å². The lowest BCUT2D eigenvalue weighted by molar-refractivity contribution is -0.123. The van der Waals surface area contributed by atoms with Crippen LogP contribution in [0.25, 0.3) is 0 Å². The van der Waals surface area contributed by atoms with E-state index in [9.17, 15) is 9.59 Å². The van der Waals surface area contributed by atoms with Gasteiger partial charge in [0.25, 0.3) is 5.91 Å². The Balaban J connectivity index is 1.73.